The Hall–Kier alpha value is -2.41. The largest absolute Gasteiger partial charge is 0.464 e. The Morgan fingerprint density at radius 2 is 2.00 bits per heavy atom. The van der Waals surface area contributed by atoms with Gasteiger partial charge in [-0.1, -0.05) is 53.5 Å². The molecule has 1 unspecified atom stereocenters. The number of epoxide rings is 1. The summed E-state index contributed by atoms with van der Waals surface area (Å²) in [5.74, 6) is -0.937. The van der Waals surface area contributed by atoms with Crippen molar-refractivity contribution in [3.8, 4) is 0 Å². The molecule has 4 rings (SSSR count). The van der Waals surface area contributed by atoms with Gasteiger partial charge in [-0.3, -0.25) is 0 Å². The Morgan fingerprint density at radius 3 is 2.68 bits per heavy atom. The molecule has 1 aliphatic rings. The minimum atomic E-state index is -1.01. The normalized spacial score (nSPS) is 21.9. The van der Waals surface area contributed by atoms with Gasteiger partial charge < -0.3 is 14.0 Å². The van der Waals surface area contributed by atoms with Crippen LogP contribution in [0.1, 0.15) is 33.2 Å². The molecule has 0 radical (unpaired) electrons. The summed E-state index contributed by atoms with van der Waals surface area (Å²) in [6.07, 6.45) is 2.47. The molecular formula is C20H15Cl2FN2O3. The van der Waals surface area contributed by atoms with E-state index in [0.29, 0.717) is 10.6 Å². The van der Waals surface area contributed by atoms with Crippen LogP contribution in [0.15, 0.2) is 61.1 Å². The van der Waals surface area contributed by atoms with E-state index in [-0.39, 0.29) is 11.5 Å². The molecule has 3 atom stereocenters. The number of carbonyl (C=O) groups excluding carboxylic acids is 1. The van der Waals surface area contributed by atoms with E-state index in [1.54, 1.807) is 22.8 Å². The molecule has 0 N–H and O–H groups in total. The van der Waals surface area contributed by atoms with Crippen molar-refractivity contribution in [3.05, 3.63) is 88.7 Å². The molecule has 0 saturated carbocycles. The monoisotopic (exact) mass is 420 g/mol. The predicted octanol–water partition coefficient (Wildman–Crippen LogP) is 4.87. The van der Waals surface area contributed by atoms with Crippen molar-refractivity contribution in [3.63, 3.8) is 0 Å². The van der Waals surface area contributed by atoms with E-state index in [0.717, 1.165) is 5.56 Å². The summed E-state index contributed by atoms with van der Waals surface area (Å²) in [6, 6.07) is 13.2. The smallest absolute Gasteiger partial charge is 0.358 e. The van der Waals surface area contributed by atoms with E-state index in [1.165, 1.54) is 31.8 Å². The van der Waals surface area contributed by atoms with Gasteiger partial charge in [-0.05, 0) is 23.8 Å². The van der Waals surface area contributed by atoms with Gasteiger partial charge in [0.25, 0.3) is 0 Å². The highest BCUT2D eigenvalue weighted by Crippen LogP contribution is 2.64. The third kappa shape index (κ3) is 3.07. The first-order valence-corrected chi connectivity index (χ1v) is 9.23. The lowest BCUT2D eigenvalue weighted by atomic mass is 9.91. The van der Waals surface area contributed by atoms with E-state index in [9.17, 15) is 9.18 Å². The van der Waals surface area contributed by atoms with Crippen LogP contribution in [0.25, 0.3) is 0 Å². The van der Waals surface area contributed by atoms with Crippen molar-refractivity contribution < 1.29 is 18.7 Å². The molecule has 144 valence electrons. The van der Waals surface area contributed by atoms with E-state index in [2.05, 4.69) is 9.72 Å². The maximum Gasteiger partial charge on any atom is 0.358 e. The number of imidazole rings is 1. The molecular weight excluding hydrogens is 406 g/mol. The van der Waals surface area contributed by atoms with Gasteiger partial charge in [0.1, 0.15) is 17.4 Å². The number of alkyl halides is 1. The van der Waals surface area contributed by atoms with E-state index < -0.39 is 23.2 Å². The van der Waals surface area contributed by atoms with Crippen molar-refractivity contribution in [1.29, 1.82) is 0 Å². The van der Waals surface area contributed by atoms with Crippen LogP contribution in [-0.4, -0.2) is 22.6 Å². The molecule has 0 amide bonds. The fourth-order valence-electron chi connectivity index (χ4n) is 3.28. The zero-order valence-electron chi connectivity index (χ0n) is 14.7. The van der Waals surface area contributed by atoms with Crippen LogP contribution in [0.3, 0.4) is 0 Å². The maximum absolute atomic E-state index is 13.5. The molecule has 0 spiro atoms. The van der Waals surface area contributed by atoms with E-state index >= 15 is 0 Å². The van der Waals surface area contributed by atoms with Crippen LogP contribution >= 0.6 is 23.2 Å². The van der Waals surface area contributed by atoms with Crippen LogP contribution in [-0.2, 0) is 15.1 Å². The number of methoxy groups -OCH3 is 1. The van der Waals surface area contributed by atoms with Gasteiger partial charge in [0.05, 0.1) is 13.4 Å². The lowest BCUT2D eigenvalue weighted by molar-refractivity contribution is 0.0594. The van der Waals surface area contributed by atoms with E-state index in [4.69, 9.17) is 27.9 Å². The van der Waals surface area contributed by atoms with Gasteiger partial charge in [-0.25, -0.2) is 14.2 Å². The minimum absolute atomic E-state index is 0.123. The number of esters is 1. The standard InChI is InChI=1S/C20H15Cl2FN2O3/c1-27-18(26)16-10-25(11-24-16)19(22)20(12-6-8-13(23)9-7-12)17(28-20)14-4-2-3-5-15(14)21/h2-11,17,19H,1H3/t17-,19?,20+/m0/s1. The van der Waals surface area contributed by atoms with Crippen LogP contribution in [0.5, 0.6) is 0 Å². The average Bonchev–Trinajstić information content (AvgIpc) is 3.26. The second kappa shape index (κ2) is 7.20. The van der Waals surface area contributed by atoms with Gasteiger partial charge in [0.2, 0.25) is 0 Å². The molecule has 28 heavy (non-hydrogen) atoms. The van der Waals surface area contributed by atoms with Crippen molar-refractivity contribution in [2.45, 2.75) is 17.2 Å². The molecule has 0 bridgehead atoms. The topological polar surface area (TPSA) is 56.6 Å². The molecule has 8 heteroatoms. The zero-order valence-corrected chi connectivity index (χ0v) is 16.2. The summed E-state index contributed by atoms with van der Waals surface area (Å²) < 4.78 is 25.8. The average molecular weight is 421 g/mol. The third-order valence-electron chi connectivity index (χ3n) is 4.74. The van der Waals surface area contributed by atoms with Gasteiger partial charge in [-0.15, -0.1) is 0 Å². The number of carbonyl (C=O) groups is 1. The minimum Gasteiger partial charge on any atom is -0.464 e. The molecule has 3 aromatic rings. The number of rotatable bonds is 5. The molecule has 1 aromatic heterocycles. The Labute approximate surface area is 170 Å². The Morgan fingerprint density at radius 1 is 1.29 bits per heavy atom. The van der Waals surface area contributed by atoms with Crippen molar-refractivity contribution in [2.75, 3.05) is 7.11 Å². The van der Waals surface area contributed by atoms with Gasteiger partial charge in [-0.2, -0.15) is 0 Å². The summed E-state index contributed by atoms with van der Waals surface area (Å²) in [5.41, 5.74) is -0.198. The Balaban J connectivity index is 1.76. The number of benzene rings is 2. The van der Waals surface area contributed by atoms with Gasteiger partial charge in [0, 0.05) is 16.8 Å². The van der Waals surface area contributed by atoms with Crippen molar-refractivity contribution >= 4 is 29.2 Å². The first-order chi connectivity index (χ1) is 13.5. The lowest BCUT2D eigenvalue weighted by Crippen LogP contribution is -2.22. The highest BCUT2D eigenvalue weighted by molar-refractivity contribution is 6.31. The summed E-state index contributed by atoms with van der Waals surface area (Å²) in [4.78, 5) is 15.8. The van der Waals surface area contributed by atoms with Gasteiger partial charge in [0.15, 0.2) is 11.3 Å². The summed E-state index contributed by atoms with van der Waals surface area (Å²) >= 11 is 13.2. The number of ether oxygens (including phenoxy) is 2. The fourth-order valence-corrected chi connectivity index (χ4v) is 3.92. The molecule has 1 aliphatic heterocycles. The van der Waals surface area contributed by atoms with Gasteiger partial charge >= 0.3 is 5.97 Å². The third-order valence-corrected chi connectivity index (χ3v) is 5.63. The zero-order chi connectivity index (χ0) is 19.9. The predicted molar refractivity (Wildman–Crippen MR) is 102 cm³/mol. The first-order valence-electron chi connectivity index (χ1n) is 8.41. The molecule has 2 aromatic carbocycles. The number of halogens is 3. The quantitative estimate of drug-likeness (QED) is 0.335. The maximum atomic E-state index is 13.5. The van der Waals surface area contributed by atoms with Crippen molar-refractivity contribution in [2.24, 2.45) is 0 Å². The van der Waals surface area contributed by atoms with E-state index in [1.807, 2.05) is 18.2 Å². The van der Waals surface area contributed by atoms with Crippen molar-refractivity contribution in [1.82, 2.24) is 9.55 Å². The Kier molecular flexibility index (Phi) is 4.87. The van der Waals surface area contributed by atoms with Crippen LogP contribution < -0.4 is 0 Å². The highest BCUT2D eigenvalue weighted by atomic mass is 35.5. The molecule has 1 fully saturated rings. The second-order valence-corrected chi connectivity index (χ2v) is 7.17. The number of hydrogen-bond donors (Lipinski definition) is 0. The van der Waals surface area contributed by atoms with Crippen LogP contribution in [0.2, 0.25) is 5.02 Å². The molecule has 5 nitrogen and oxygen atoms in total. The molecule has 2 heterocycles. The fraction of sp³-hybridized carbons (Fsp3) is 0.200. The summed E-state index contributed by atoms with van der Waals surface area (Å²) in [5, 5.41) is 0.543. The second-order valence-electron chi connectivity index (χ2n) is 6.35. The molecule has 1 saturated heterocycles. The van der Waals surface area contributed by atoms with Crippen LogP contribution in [0.4, 0.5) is 4.39 Å². The Bertz CT molecular complexity index is 1020. The highest BCUT2D eigenvalue weighted by Gasteiger charge is 2.64. The number of aromatic nitrogens is 2. The number of hydrogen-bond acceptors (Lipinski definition) is 4. The summed E-state index contributed by atoms with van der Waals surface area (Å²) in [6.45, 7) is 0. The lowest BCUT2D eigenvalue weighted by Gasteiger charge is -2.21. The van der Waals surface area contributed by atoms with Crippen LogP contribution in [0, 0.1) is 5.82 Å². The number of nitrogens with zero attached hydrogens (tertiary/aromatic N) is 2. The SMILES string of the molecule is COC(=O)c1cn(C(Cl)[C@]2(c3ccc(F)cc3)O[C@H]2c2ccccc2Cl)cn1. The summed E-state index contributed by atoms with van der Waals surface area (Å²) in [7, 11) is 1.27. The molecule has 0 aliphatic carbocycles. The first kappa shape index (κ1) is 18.9.